The monoisotopic (exact) mass is 429 g/mol. The standard InChI is InChI=1S/C22H24FN3O5/c1-2-24(14-16-6-5-7-18(23)12-16)21(27)15-31-22(28)17-8-9-19(20(13-17)26(29)30)25-10-3-4-11-25/h5-9,12-13H,2-4,10-11,14-15H2,1H3. The quantitative estimate of drug-likeness (QED) is 0.362. The summed E-state index contributed by atoms with van der Waals surface area (Å²) in [5.74, 6) is -1.65. The molecular weight excluding hydrogens is 405 g/mol. The van der Waals surface area contributed by atoms with Crippen LogP contribution in [0.2, 0.25) is 0 Å². The normalized spacial score (nSPS) is 13.2. The Balaban J connectivity index is 1.64. The second kappa shape index (κ2) is 10.0. The number of ether oxygens (including phenoxy) is 1. The van der Waals surface area contributed by atoms with E-state index >= 15 is 0 Å². The highest BCUT2D eigenvalue weighted by atomic mass is 19.1. The van der Waals surface area contributed by atoms with E-state index < -0.39 is 29.2 Å². The maximum Gasteiger partial charge on any atom is 0.338 e. The number of halogens is 1. The van der Waals surface area contributed by atoms with Crippen LogP contribution in [0.5, 0.6) is 0 Å². The maximum absolute atomic E-state index is 13.4. The zero-order valence-electron chi connectivity index (χ0n) is 17.3. The Kier molecular flexibility index (Phi) is 7.17. The van der Waals surface area contributed by atoms with Gasteiger partial charge in [0.2, 0.25) is 0 Å². The summed E-state index contributed by atoms with van der Waals surface area (Å²) < 4.78 is 18.5. The summed E-state index contributed by atoms with van der Waals surface area (Å²) in [7, 11) is 0. The van der Waals surface area contributed by atoms with E-state index in [1.165, 1.54) is 29.2 Å². The van der Waals surface area contributed by atoms with Crippen molar-refractivity contribution in [3.63, 3.8) is 0 Å². The molecule has 2 aromatic rings. The molecule has 0 saturated carbocycles. The zero-order valence-corrected chi connectivity index (χ0v) is 17.3. The molecule has 3 rings (SSSR count). The molecule has 1 fully saturated rings. The summed E-state index contributed by atoms with van der Waals surface area (Å²) in [5.41, 5.74) is 0.941. The first-order valence-electron chi connectivity index (χ1n) is 10.1. The van der Waals surface area contributed by atoms with Gasteiger partial charge in [-0.2, -0.15) is 0 Å². The lowest BCUT2D eigenvalue weighted by atomic mass is 10.1. The smallest absolute Gasteiger partial charge is 0.338 e. The Hall–Kier alpha value is -3.49. The van der Waals surface area contributed by atoms with Crippen molar-refractivity contribution < 1.29 is 23.6 Å². The van der Waals surface area contributed by atoms with Gasteiger partial charge in [0.25, 0.3) is 11.6 Å². The first-order valence-corrected chi connectivity index (χ1v) is 10.1. The lowest BCUT2D eigenvalue weighted by molar-refractivity contribution is -0.384. The average Bonchev–Trinajstić information content (AvgIpc) is 3.30. The predicted molar refractivity (Wildman–Crippen MR) is 112 cm³/mol. The molecule has 1 amide bonds. The number of hydrogen-bond donors (Lipinski definition) is 0. The minimum Gasteiger partial charge on any atom is -0.452 e. The molecule has 1 aliphatic heterocycles. The number of likely N-dealkylation sites (N-methyl/N-ethyl adjacent to an activating group) is 1. The van der Waals surface area contributed by atoms with E-state index in [-0.39, 0.29) is 17.8 Å². The lowest BCUT2D eigenvalue weighted by Gasteiger charge is -2.21. The van der Waals surface area contributed by atoms with Crippen molar-refractivity contribution in [3.8, 4) is 0 Å². The van der Waals surface area contributed by atoms with Crippen molar-refractivity contribution in [1.82, 2.24) is 4.90 Å². The summed E-state index contributed by atoms with van der Waals surface area (Å²) in [6.07, 6.45) is 1.93. The highest BCUT2D eigenvalue weighted by Gasteiger charge is 2.25. The molecule has 1 saturated heterocycles. The highest BCUT2D eigenvalue weighted by Crippen LogP contribution is 2.31. The van der Waals surface area contributed by atoms with E-state index in [1.807, 2.05) is 4.90 Å². The number of rotatable bonds is 8. The van der Waals surface area contributed by atoms with Gasteiger partial charge in [0.05, 0.1) is 10.5 Å². The lowest BCUT2D eigenvalue weighted by Crippen LogP contribution is -2.34. The van der Waals surface area contributed by atoms with Crippen molar-refractivity contribution in [3.05, 3.63) is 69.5 Å². The van der Waals surface area contributed by atoms with E-state index in [2.05, 4.69) is 0 Å². The van der Waals surface area contributed by atoms with Gasteiger partial charge in [-0.1, -0.05) is 12.1 Å². The van der Waals surface area contributed by atoms with Crippen molar-refractivity contribution in [2.75, 3.05) is 31.1 Å². The summed E-state index contributed by atoms with van der Waals surface area (Å²) in [5, 5.41) is 11.5. The van der Waals surface area contributed by atoms with Crippen LogP contribution < -0.4 is 4.90 Å². The summed E-state index contributed by atoms with van der Waals surface area (Å²) in [4.78, 5) is 39.1. The number of benzene rings is 2. The van der Waals surface area contributed by atoms with Crippen molar-refractivity contribution >= 4 is 23.3 Å². The largest absolute Gasteiger partial charge is 0.452 e. The minimum absolute atomic E-state index is 0.00984. The molecule has 0 N–H and O–H groups in total. The Morgan fingerprint density at radius 3 is 2.58 bits per heavy atom. The van der Waals surface area contributed by atoms with Gasteiger partial charge in [-0.15, -0.1) is 0 Å². The number of amides is 1. The van der Waals surface area contributed by atoms with Gasteiger partial charge in [-0.05, 0) is 49.6 Å². The highest BCUT2D eigenvalue weighted by molar-refractivity contribution is 5.93. The van der Waals surface area contributed by atoms with Gasteiger partial charge in [0.1, 0.15) is 11.5 Å². The molecule has 1 heterocycles. The Morgan fingerprint density at radius 1 is 1.19 bits per heavy atom. The van der Waals surface area contributed by atoms with Crippen LogP contribution >= 0.6 is 0 Å². The summed E-state index contributed by atoms with van der Waals surface area (Å²) in [6, 6.07) is 10.1. The number of anilines is 1. The molecule has 0 aliphatic carbocycles. The molecule has 8 nitrogen and oxygen atoms in total. The third kappa shape index (κ3) is 5.56. The minimum atomic E-state index is -0.814. The number of carbonyl (C=O) groups excluding carboxylic acids is 2. The van der Waals surface area contributed by atoms with Gasteiger partial charge in [0, 0.05) is 32.2 Å². The Morgan fingerprint density at radius 2 is 1.94 bits per heavy atom. The third-order valence-corrected chi connectivity index (χ3v) is 5.18. The van der Waals surface area contributed by atoms with Crippen LogP contribution in [-0.4, -0.2) is 47.9 Å². The second-order valence-electron chi connectivity index (χ2n) is 7.27. The van der Waals surface area contributed by atoms with Crippen LogP contribution in [-0.2, 0) is 16.1 Å². The molecule has 0 atom stereocenters. The van der Waals surface area contributed by atoms with Gasteiger partial charge in [-0.3, -0.25) is 14.9 Å². The topological polar surface area (TPSA) is 93.0 Å². The van der Waals surface area contributed by atoms with E-state index in [0.717, 1.165) is 25.9 Å². The predicted octanol–water partition coefficient (Wildman–Crippen LogP) is 3.54. The van der Waals surface area contributed by atoms with Crippen LogP contribution in [0.3, 0.4) is 0 Å². The van der Waals surface area contributed by atoms with Gasteiger partial charge in [0.15, 0.2) is 6.61 Å². The first kappa shape index (κ1) is 22.2. The zero-order chi connectivity index (χ0) is 22.4. The van der Waals surface area contributed by atoms with E-state index in [0.29, 0.717) is 17.8 Å². The van der Waals surface area contributed by atoms with Crippen molar-refractivity contribution in [2.45, 2.75) is 26.3 Å². The third-order valence-electron chi connectivity index (χ3n) is 5.18. The molecule has 164 valence electrons. The Labute approximate surface area is 179 Å². The van der Waals surface area contributed by atoms with Crippen molar-refractivity contribution in [2.24, 2.45) is 0 Å². The molecule has 31 heavy (non-hydrogen) atoms. The number of esters is 1. The molecule has 2 aromatic carbocycles. The number of hydrogen-bond acceptors (Lipinski definition) is 6. The van der Waals surface area contributed by atoms with Crippen LogP contribution in [0.4, 0.5) is 15.8 Å². The molecule has 0 spiro atoms. The van der Waals surface area contributed by atoms with Crippen LogP contribution in [0.15, 0.2) is 42.5 Å². The van der Waals surface area contributed by atoms with E-state index in [1.54, 1.807) is 25.1 Å². The fraction of sp³-hybridized carbons (Fsp3) is 0.364. The average molecular weight is 429 g/mol. The van der Waals surface area contributed by atoms with Crippen molar-refractivity contribution in [1.29, 1.82) is 0 Å². The van der Waals surface area contributed by atoms with Crippen LogP contribution in [0.25, 0.3) is 0 Å². The summed E-state index contributed by atoms with van der Waals surface area (Å²) >= 11 is 0. The molecule has 0 radical (unpaired) electrons. The van der Waals surface area contributed by atoms with Gasteiger partial charge < -0.3 is 14.5 Å². The van der Waals surface area contributed by atoms with Crippen LogP contribution in [0, 0.1) is 15.9 Å². The number of nitro groups is 1. The van der Waals surface area contributed by atoms with Crippen LogP contribution in [0.1, 0.15) is 35.7 Å². The fourth-order valence-electron chi connectivity index (χ4n) is 3.56. The number of nitrogens with zero attached hydrogens (tertiary/aromatic N) is 3. The van der Waals surface area contributed by atoms with E-state index in [4.69, 9.17) is 4.74 Å². The molecule has 9 heteroatoms. The molecule has 1 aliphatic rings. The number of nitro benzene ring substituents is 1. The molecule has 0 bridgehead atoms. The summed E-state index contributed by atoms with van der Waals surface area (Å²) in [6.45, 7) is 3.25. The maximum atomic E-state index is 13.4. The molecule has 0 unspecified atom stereocenters. The SMILES string of the molecule is CCN(Cc1cccc(F)c1)C(=O)COC(=O)c1ccc(N2CCCC2)c([N+](=O)[O-])c1. The fourth-order valence-corrected chi connectivity index (χ4v) is 3.56. The second-order valence-corrected chi connectivity index (χ2v) is 7.27. The Bertz CT molecular complexity index is 975. The number of carbonyl (C=O) groups is 2. The first-order chi connectivity index (χ1) is 14.9. The van der Waals surface area contributed by atoms with Gasteiger partial charge >= 0.3 is 5.97 Å². The molecular formula is C22H24FN3O5. The molecule has 0 aromatic heterocycles. The van der Waals surface area contributed by atoms with E-state index in [9.17, 15) is 24.1 Å². The van der Waals surface area contributed by atoms with Gasteiger partial charge in [-0.25, -0.2) is 9.18 Å².